The number of carbonyl (C=O) groups excluding carboxylic acids is 2. The summed E-state index contributed by atoms with van der Waals surface area (Å²) in [6.45, 7) is 1.62. The number of hydrogen-bond acceptors (Lipinski definition) is 5. The van der Waals surface area contributed by atoms with Crippen molar-refractivity contribution in [2.75, 3.05) is 24.3 Å². The average Bonchev–Trinajstić information content (AvgIpc) is 2.66. The Hall–Kier alpha value is -2.61. The molecule has 0 spiro atoms. The fourth-order valence-corrected chi connectivity index (χ4v) is 2.65. The Morgan fingerprint density at radius 2 is 1.78 bits per heavy atom. The highest BCUT2D eigenvalue weighted by molar-refractivity contribution is 8.01. The van der Waals surface area contributed by atoms with Gasteiger partial charge in [-0.1, -0.05) is 12.1 Å². The first-order valence-corrected chi connectivity index (χ1v) is 9.21. The van der Waals surface area contributed by atoms with E-state index in [0.29, 0.717) is 5.69 Å². The van der Waals surface area contributed by atoms with Crippen molar-refractivity contribution in [1.29, 1.82) is 0 Å². The van der Waals surface area contributed by atoms with E-state index in [2.05, 4.69) is 5.32 Å². The van der Waals surface area contributed by atoms with Crippen molar-refractivity contribution in [2.24, 2.45) is 0 Å². The second-order valence-corrected chi connectivity index (χ2v) is 6.78. The topological polar surface area (TPSA) is 64.6 Å². The number of benzene rings is 2. The zero-order valence-corrected chi connectivity index (χ0v) is 15.4. The Morgan fingerprint density at radius 1 is 1.07 bits per heavy atom. The van der Waals surface area contributed by atoms with Gasteiger partial charge in [0.2, 0.25) is 5.91 Å². The fourth-order valence-electron chi connectivity index (χ4n) is 1.97. The first-order valence-electron chi connectivity index (χ1n) is 8.16. The summed E-state index contributed by atoms with van der Waals surface area (Å²) >= 11 is 1.11. The summed E-state index contributed by atoms with van der Waals surface area (Å²) in [5.74, 6) is -1.55. The molecule has 1 atom stereocenters. The van der Waals surface area contributed by atoms with Gasteiger partial charge in [0.15, 0.2) is 11.6 Å². The van der Waals surface area contributed by atoms with Gasteiger partial charge in [-0.05, 0) is 43.3 Å². The van der Waals surface area contributed by atoms with Crippen LogP contribution >= 0.6 is 11.8 Å². The van der Waals surface area contributed by atoms with E-state index in [0.717, 1.165) is 11.8 Å². The number of thioether (sulfide) groups is 1. The van der Waals surface area contributed by atoms with E-state index in [9.17, 15) is 18.4 Å². The zero-order chi connectivity index (χ0) is 19.6. The van der Waals surface area contributed by atoms with Crippen LogP contribution in [0.15, 0.2) is 48.5 Å². The molecule has 144 valence electrons. The van der Waals surface area contributed by atoms with Gasteiger partial charge in [0.25, 0.3) is 0 Å². The molecule has 2 aromatic carbocycles. The summed E-state index contributed by atoms with van der Waals surface area (Å²) in [6, 6.07) is 11.3. The normalized spacial score (nSPS) is 11.5. The van der Waals surface area contributed by atoms with Crippen molar-refractivity contribution in [3.05, 3.63) is 60.2 Å². The molecule has 0 fully saturated rings. The molecule has 0 bridgehead atoms. The van der Waals surface area contributed by atoms with E-state index in [1.807, 2.05) is 0 Å². The molecule has 0 aliphatic carbocycles. The lowest BCUT2D eigenvalue weighted by atomic mass is 10.3. The van der Waals surface area contributed by atoms with Gasteiger partial charge in [-0.3, -0.25) is 9.59 Å². The van der Waals surface area contributed by atoms with Crippen LogP contribution in [-0.4, -0.2) is 36.1 Å². The van der Waals surface area contributed by atoms with Crippen molar-refractivity contribution < 1.29 is 27.8 Å². The maximum absolute atomic E-state index is 13.4. The van der Waals surface area contributed by atoms with Crippen LogP contribution < -0.4 is 10.1 Å². The molecule has 1 N–H and O–H groups in total. The highest BCUT2D eigenvalue weighted by Gasteiger charge is 2.17. The Labute approximate surface area is 160 Å². The minimum atomic E-state index is -0.558. The summed E-state index contributed by atoms with van der Waals surface area (Å²) in [6.07, 6.45) is 0. The van der Waals surface area contributed by atoms with Crippen molar-refractivity contribution >= 4 is 29.3 Å². The summed E-state index contributed by atoms with van der Waals surface area (Å²) in [4.78, 5) is 23.7. The van der Waals surface area contributed by atoms with Gasteiger partial charge < -0.3 is 14.8 Å². The lowest BCUT2D eigenvalue weighted by molar-refractivity contribution is -0.143. The molecule has 1 unspecified atom stereocenters. The standard InChI is InChI=1S/C19H19F2NO4S/c1-13(27-12-18(23)22-15-8-6-14(20)7-9-15)19(24)26-11-10-25-17-5-3-2-4-16(17)21/h2-9,13H,10-12H2,1H3,(H,22,23). The van der Waals surface area contributed by atoms with Gasteiger partial charge in [0.05, 0.1) is 5.75 Å². The van der Waals surface area contributed by atoms with E-state index < -0.39 is 22.9 Å². The van der Waals surface area contributed by atoms with Crippen LogP contribution in [0.5, 0.6) is 5.75 Å². The largest absolute Gasteiger partial charge is 0.487 e. The molecule has 0 heterocycles. The van der Waals surface area contributed by atoms with Gasteiger partial charge in [-0.25, -0.2) is 8.78 Å². The fraction of sp³-hybridized carbons (Fsp3) is 0.263. The Kier molecular flexibility index (Phi) is 8.06. The van der Waals surface area contributed by atoms with Gasteiger partial charge in [-0.2, -0.15) is 0 Å². The van der Waals surface area contributed by atoms with Crippen LogP contribution in [0.25, 0.3) is 0 Å². The first-order chi connectivity index (χ1) is 13.0. The first kappa shape index (κ1) is 20.7. The number of nitrogens with one attached hydrogen (secondary N) is 1. The SMILES string of the molecule is CC(SCC(=O)Nc1ccc(F)cc1)C(=O)OCCOc1ccccc1F. The third-order valence-corrected chi connectivity index (χ3v) is 4.47. The molecule has 0 aromatic heterocycles. The number of para-hydroxylation sites is 1. The predicted molar refractivity (Wildman–Crippen MR) is 99.8 cm³/mol. The van der Waals surface area contributed by atoms with Gasteiger partial charge in [0.1, 0.15) is 24.3 Å². The summed E-state index contributed by atoms with van der Waals surface area (Å²) < 4.78 is 36.4. The number of esters is 1. The second kappa shape index (κ2) is 10.5. The molecule has 0 saturated carbocycles. The third kappa shape index (κ3) is 7.26. The molecular formula is C19H19F2NO4S. The van der Waals surface area contributed by atoms with E-state index in [1.165, 1.54) is 36.4 Å². The lowest BCUT2D eigenvalue weighted by Gasteiger charge is -2.12. The monoisotopic (exact) mass is 395 g/mol. The van der Waals surface area contributed by atoms with Crippen molar-refractivity contribution in [3.8, 4) is 5.75 Å². The van der Waals surface area contributed by atoms with Crippen molar-refractivity contribution in [1.82, 2.24) is 0 Å². The Bertz CT molecular complexity index is 771. The number of ether oxygens (including phenoxy) is 2. The molecule has 1 amide bonds. The highest BCUT2D eigenvalue weighted by atomic mass is 32.2. The van der Waals surface area contributed by atoms with E-state index in [-0.39, 0.29) is 30.6 Å². The molecule has 2 aromatic rings. The van der Waals surface area contributed by atoms with E-state index in [1.54, 1.807) is 19.1 Å². The second-order valence-electron chi connectivity index (χ2n) is 5.45. The van der Waals surface area contributed by atoms with Gasteiger partial charge in [-0.15, -0.1) is 11.8 Å². The molecule has 0 aliphatic rings. The quantitative estimate of drug-likeness (QED) is 0.519. The Morgan fingerprint density at radius 3 is 2.48 bits per heavy atom. The molecule has 2 rings (SSSR count). The van der Waals surface area contributed by atoms with Crippen molar-refractivity contribution in [3.63, 3.8) is 0 Å². The summed E-state index contributed by atoms with van der Waals surface area (Å²) in [7, 11) is 0. The van der Waals surface area contributed by atoms with Crippen molar-refractivity contribution in [2.45, 2.75) is 12.2 Å². The number of amides is 1. The molecule has 27 heavy (non-hydrogen) atoms. The van der Waals surface area contributed by atoms with Crippen LogP contribution in [-0.2, 0) is 14.3 Å². The van der Waals surface area contributed by atoms with Crippen LogP contribution in [0, 0.1) is 11.6 Å². The molecule has 8 heteroatoms. The number of anilines is 1. The van der Waals surface area contributed by atoms with Gasteiger partial charge in [0, 0.05) is 5.69 Å². The van der Waals surface area contributed by atoms with Crippen LogP contribution in [0.3, 0.4) is 0 Å². The maximum atomic E-state index is 13.4. The Balaban J connectivity index is 1.64. The van der Waals surface area contributed by atoms with Crippen LogP contribution in [0.2, 0.25) is 0 Å². The highest BCUT2D eigenvalue weighted by Crippen LogP contribution is 2.16. The maximum Gasteiger partial charge on any atom is 0.318 e. The number of rotatable bonds is 9. The van der Waals surface area contributed by atoms with E-state index in [4.69, 9.17) is 9.47 Å². The minimum Gasteiger partial charge on any atom is -0.487 e. The molecule has 5 nitrogen and oxygen atoms in total. The lowest BCUT2D eigenvalue weighted by Crippen LogP contribution is -2.23. The third-order valence-electron chi connectivity index (χ3n) is 3.35. The summed E-state index contributed by atoms with van der Waals surface area (Å²) in [5.41, 5.74) is 0.475. The molecule has 0 saturated heterocycles. The summed E-state index contributed by atoms with van der Waals surface area (Å²) in [5, 5.41) is 2.05. The molecular weight excluding hydrogens is 376 g/mol. The number of carbonyl (C=O) groups is 2. The minimum absolute atomic E-state index is 0.0229. The van der Waals surface area contributed by atoms with E-state index >= 15 is 0 Å². The number of hydrogen-bond donors (Lipinski definition) is 1. The molecule has 0 aliphatic heterocycles. The smallest absolute Gasteiger partial charge is 0.318 e. The zero-order valence-electron chi connectivity index (χ0n) is 14.6. The predicted octanol–water partition coefficient (Wildman–Crippen LogP) is 3.65. The number of halogens is 2. The van der Waals surface area contributed by atoms with Crippen LogP contribution in [0.1, 0.15) is 6.92 Å². The van der Waals surface area contributed by atoms with Crippen LogP contribution in [0.4, 0.5) is 14.5 Å². The average molecular weight is 395 g/mol. The van der Waals surface area contributed by atoms with Gasteiger partial charge >= 0.3 is 5.97 Å². The molecule has 0 radical (unpaired) electrons.